The molecule has 0 spiro atoms. The van der Waals surface area contributed by atoms with Gasteiger partial charge in [-0.3, -0.25) is 0 Å². The number of piperidine rings is 1. The average molecular weight is 268 g/mol. The average Bonchev–Trinajstić information content (AvgIpc) is 2.48. The summed E-state index contributed by atoms with van der Waals surface area (Å²) in [5, 5.41) is 0. The fraction of sp³-hybridized carbons (Fsp3) is 0.375. The molecule has 1 unspecified atom stereocenters. The van der Waals surface area contributed by atoms with Crippen molar-refractivity contribution in [1.29, 1.82) is 0 Å². The highest BCUT2D eigenvalue weighted by Crippen LogP contribution is 2.34. The van der Waals surface area contributed by atoms with Crippen LogP contribution in [0.1, 0.15) is 25.3 Å². The minimum Gasteiger partial charge on any atom is -0.368 e. The molecule has 0 radical (unpaired) electrons. The van der Waals surface area contributed by atoms with Crippen molar-refractivity contribution in [3.63, 3.8) is 0 Å². The molecule has 3 rings (SSSR count). The van der Waals surface area contributed by atoms with E-state index in [4.69, 9.17) is 5.73 Å². The zero-order valence-corrected chi connectivity index (χ0v) is 11.8. The second-order valence-corrected chi connectivity index (χ2v) is 5.72. The van der Waals surface area contributed by atoms with E-state index in [1.807, 2.05) is 6.07 Å². The van der Waals surface area contributed by atoms with E-state index in [1.54, 1.807) is 6.20 Å². The lowest BCUT2D eigenvalue weighted by Crippen LogP contribution is -2.44. The van der Waals surface area contributed by atoms with Gasteiger partial charge < -0.3 is 10.6 Å². The summed E-state index contributed by atoms with van der Waals surface area (Å²) < 4.78 is 0. The van der Waals surface area contributed by atoms with E-state index in [1.165, 1.54) is 12.0 Å². The molecular formula is C16H20N4. The summed E-state index contributed by atoms with van der Waals surface area (Å²) in [5.41, 5.74) is 7.26. The number of nitrogens with zero attached hydrogens (tertiary/aromatic N) is 3. The minimum absolute atomic E-state index is 0.166. The molecule has 1 fully saturated rings. The van der Waals surface area contributed by atoms with E-state index in [2.05, 4.69) is 52.1 Å². The highest BCUT2D eigenvalue weighted by molar-refractivity contribution is 5.43. The fourth-order valence-corrected chi connectivity index (χ4v) is 3.05. The number of aromatic nitrogens is 2. The number of rotatable bonds is 2. The molecule has 4 heteroatoms. The summed E-state index contributed by atoms with van der Waals surface area (Å²) in [7, 11) is 0. The van der Waals surface area contributed by atoms with Crippen LogP contribution in [0.4, 0.5) is 11.8 Å². The van der Waals surface area contributed by atoms with Gasteiger partial charge in [-0.15, -0.1) is 0 Å². The molecule has 1 aromatic heterocycles. The maximum atomic E-state index is 5.70. The van der Waals surface area contributed by atoms with Crippen molar-refractivity contribution in [1.82, 2.24) is 9.97 Å². The Labute approximate surface area is 119 Å². The smallest absolute Gasteiger partial charge is 0.221 e. The van der Waals surface area contributed by atoms with Crippen LogP contribution >= 0.6 is 0 Å². The Hall–Kier alpha value is -2.10. The zero-order chi connectivity index (χ0) is 14.0. The van der Waals surface area contributed by atoms with Crippen molar-refractivity contribution in [3.8, 4) is 0 Å². The van der Waals surface area contributed by atoms with Gasteiger partial charge in [-0.05, 0) is 24.5 Å². The van der Waals surface area contributed by atoms with Gasteiger partial charge in [-0.2, -0.15) is 4.98 Å². The summed E-state index contributed by atoms with van der Waals surface area (Å²) in [6, 6.07) is 12.7. The van der Waals surface area contributed by atoms with Crippen LogP contribution in [0.2, 0.25) is 0 Å². The predicted molar refractivity (Wildman–Crippen MR) is 81.7 cm³/mol. The van der Waals surface area contributed by atoms with E-state index in [0.29, 0.717) is 5.95 Å². The highest BCUT2D eigenvalue weighted by atomic mass is 15.2. The number of benzene rings is 1. The molecule has 2 N–H and O–H groups in total. The fourth-order valence-electron chi connectivity index (χ4n) is 3.05. The molecule has 1 saturated heterocycles. The van der Waals surface area contributed by atoms with Crippen LogP contribution in [0.5, 0.6) is 0 Å². The highest BCUT2D eigenvalue weighted by Gasteiger charge is 2.33. The molecule has 0 aliphatic carbocycles. The van der Waals surface area contributed by atoms with Crippen LogP contribution in [-0.4, -0.2) is 23.1 Å². The third-order valence-electron chi connectivity index (χ3n) is 4.15. The topological polar surface area (TPSA) is 55.0 Å². The zero-order valence-electron chi connectivity index (χ0n) is 11.8. The number of anilines is 2. The van der Waals surface area contributed by atoms with E-state index in [9.17, 15) is 0 Å². The van der Waals surface area contributed by atoms with Crippen LogP contribution in [0.3, 0.4) is 0 Å². The van der Waals surface area contributed by atoms with Crippen LogP contribution in [0.25, 0.3) is 0 Å². The van der Waals surface area contributed by atoms with Gasteiger partial charge in [0.05, 0.1) is 0 Å². The molecule has 2 heterocycles. The first kappa shape index (κ1) is 12.9. The van der Waals surface area contributed by atoms with Gasteiger partial charge in [0.25, 0.3) is 0 Å². The lowest BCUT2D eigenvalue weighted by Gasteiger charge is -2.41. The van der Waals surface area contributed by atoms with E-state index in [-0.39, 0.29) is 5.41 Å². The molecule has 1 atom stereocenters. The largest absolute Gasteiger partial charge is 0.368 e. The van der Waals surface area contributed by atoms with Gasteiger partial charge in [-0.25, -0.2) is 4.98 Å². The maximum Gasteiger partial charge on any atom is 0.221 e. The molecule has 0 bridgehead atoms. The van der Waals surface area contributed by atoms with Crippen molar-refractivity contribution in [2.75, 3.05) is 23.7 Å². The Balaban J connectivity index is 1.87. The number of hydrogen-bond acceptors (Lipinski definition) is 4. The quantitative estimate of drug-likeness (QED) is 0.909. The summed E-state index contributed by atoms with van der Waals surface area (Å²) in [6.07, 6.45) is 4.09. The van der Waals surface area contributed by atoms with E-state index >= 15 is 0 Å². The molecule has 1 aromatic carbocycles. The Morgan fingerprint density at radius 1 is 1.20 bits per heavy atom. The van der Waals surface area contributed by atoms with Crippen molar-refractivity contribution in [2.24, 2.45) is 0 Å². The third-order valence-corrected chi connectivity index (χ3v) is 4.15. The first-order valence-corrected chi connectivity index (χ1v) is 7.06. The molecule has 4 nitrogen and oxygen atoms in total. The lowest BCUT2D eigenvalue weighted by molar-refractivity contribution is 0.372. The number of nitrogen functional groups attached to an aromatic ring is 1. The maximum absolute atomic E-state index is 5.70. The van der Waals surface area contributed by atoms with Gasteiger partial charge in [0.2, 0.25) is 5.95 Å². The predicted octanol–water partition coefficient (Wildman–Crippen LogP) is 2.62. The van der Waals surface area contributed by atoms with Crippen molar-refractivity contribution >= 4 is 11.8 Å². The third kappa shape index (κ3) is 2.46. The van der Waals surface area contributed by atoms with Crippen molar-refractivity contribution in [3.05, 3.63) is 48.2 Å². The first-order valence-electron chi connectivity index (χ1n) is 7.06. The minimum atomic E-state index is 0.166. The molecule has 0 amide bonds. The van der Waals surface area contributed by atoms with Crippen LogP contribution in [0, 0.1) is 0 Å². The SMILES string of the molecule is CC1(c2ccccc2)CCCN(c2ccnc(N)n2)C1. The number of nitrogens with two attached hydrogens (primary N) is 1. The Morgan fingerprint density at radius 2 is 2.00 bits per heavy atom. The second kappa shape index (κ2) is 5.12. The molecule has 1 aliphatic heterocycles. The lowest BCUT2D eigenvalue weighted by atomic mass is 9.76. The Kier molecular flexibility index (Phi) is 3.30. The molecule has 2 aromatic rings. The summed E-state index contributed by atoms with van der Waals surface area (Å²) in [4.78, 5) is 10.6. The summed E-state index contributed by atoms with van der Waals surface area (Å²) in [6.45, 7) is 4.32. The van der Waals surface area contributed by atoms with Gasteiger partial charge in [0.1, 0.15) is 5.82 Å². The van der Waals surface area contributed by atoms with Gasteiger partial charge in [0.15, 0.2) is 0 Å². The van der Waals surface area contributed by atoms with Gasteiger partial charge in [-0.1, -0.05) is 37.3 Å². The van der Waals surface area contributed by atoms with Gasteiger partial charge in [0, 0.05) is 24.7 Å². The monoisotopic (exact) mass is 268 g/mol. The summed E-state index contributed by atoms with van der Waals surface area (Å²) in [5.74, 6) is 1.27. The molecule has 1 aliphatic rings. The number of hydrogen-bond donors (Lipinski definition) is 1. The Morgan fingerprint density at radius 3 is 2.75 bits per heavy atom. The van der Waals surface area contributed by atoms with E-state index in [0.717, 1.165) is 25.3 Å². The van der Waals surface area contributed by atoms with Crippen molar-refractivity contribution < 1.29 is 0 Å². The van der Waals surface area contributed by atoms with Crippen LogP contribution < -0.4 is 10.6 Å². The summed E-state index contributed by atoms with van der Waals surface area (Å²) >= 11 is 0. The normalized spacial score (nSPS) is 22.8. The van der Waals surface area contributed by atoms with Crippen molar-refractivity contribution in [2.45, 2.75) is 25.2 Å². The molecule has 0 saturated carbocycles. The van der Waals surface area contributed by atoms with E-state index < -0.39 is 0 Å². The van der Waals surface area contributed by atoms with Crippen LogP contribution in [0.15, 0.2) is 42.6 Å². The van der Waals surface area contributed by atoms with Crippen LogP contribution in [-0.2, 0) is 5.41 Å². The van der Waals surface area contributed by atoms with Gasteiger partial charge >= 0.3 is 0 Å². The first-order chi connectivity index (χ1) is 9.67. The molecule has 20 heavy (non-hydrogen) atoms. The molecule has 104 valence electrons. The second-order valence-electron chi connectivity index (χ2n) is 5.72. The standard InChI is InChI=1S/C16H20N4/c1-16(13-6-3-2-4-7-13)9-5-11-20(12-16)14-8-10-18-15(17)19-14/h2-4,6-8,10H,5,9,11-12H2,1H3,(H2,17,18,19). The molecular weight excluding hydrogens is 248 g/mol. The Bertz CT molecular complexity index is 584.